The molecule has 0 spiro atoms. The molecule has 0 aromatic heterocycles. The van der Waals surface area contributed by atoms with E-state index in [1.54, 1.807) is 25.1 Å². The highest BCUT2D eigenvalue weighted by molar-refractivity contribution is 9.10. The highest BCUT2D eigenvalue weighted by Gasteiger charge is 2.18. The second-order valence-electron chi connectivity index (χ2n) is 4.75. The highest BCUT2D eigenvalue weighted by atomic mass is 79.9. The molecule has 0 bridgehead atoms. The Labute approximate surface area is 134 Å². The van der Waals surface area contributed by atoms with Crippen molar-refractivity contribution in [3.8, 4) is 0 Å². The normalized spacial score (nSPS) is 12.3. The van der Waals surface area contributed by atoms with Crippen molar-refractivity contribution in [1.82, 2.24) is 5.32 Å². The summed E-state index contributed by atoms with van der Waals surface area (Å²) in [5.41, 5.74) is 0.176. The summed E-state index contributed by atoms with van der Waals surface area (Å²) in [5.74, 6) is -0.968. The summed E-state index contributed by atoms with van der Waals surface area (Å²) >= 11 is 3.02. The first-order valence-electron chi connectivity index (χ1n) is 6.53. The second kappa shape index (κ2) is 6.96. The molecule has 2 rings (SSSR count). The van der Waals surface area contributed by atoms with Crippen LogP contribution in [-0.2, 0) is 0 Å². The lowest BCUT2D eigenvalue weighted by atomic mass is 10.1. The van der Waals surface area contributed by atoms with Crippen LogP contribution < -0.4 is 5.32 Å². The monoisotopic (exact) mass is 371 g/mol. The average Bonchev–Trinajstić information content (AvgIpc) is 2.47. The van der Waals surface area contributed by atoms with Crippen molar-refractivity contribution in [1.29, 1.82) is 0 Å². The number of carbonyl (C=O) groups is 1. The van der Waals surface area contributed by atoms with E-state index in [-0.39, 0.29) is 15.6 Å². The van der Waals surface area contributed by atoms with Gasteiger partial charge in [0.1, 0.15) is 5.82 Å². The molecule has 1 amide bonds. The first kappa shape index (κ1) is 16.5. The molecule has 0 heterocycles. The Hall–Kier alpha value is -1.82. The number of nitrogens with one attached hydrogen (secondary N) is 1. The van der Waals surface area contributed by atoms with E-state index in [9.17, 15) is 18.0 Å². The van der Waals surface area contributed by atoms with E-state index in [4.69, 9.17) is 0 Å². The average molecular weight is 372 g/mol. The first-order chi connectivity index (χ1) is 10.4. The molecule has 0 saturated heterocycles. The third-order valence-electron chi connectivity index (χ3n) is 3.21. The van der Waals surface area contributed by atoms with Gasteiger partial charge in [-0.15, -0.1) is 0 Å². The largest absolute Gasteiger partial charge is 0.345 e. The van der Waals surface area contributed by atoms with Gasteiger partial charge in [-0.05, 0) is 31.2 Å². The molecule has 0 fully saturated rings. The lowest BCUT2D eigenvalue weighted by molar-refractivity contribution is 0.0939. The predicted molar refractivity (Wildman–Crippen MR) is 81.4 cm³/mol. The van der Waals surface area contributed by atoms with Crippen LogP contribution in [-0.4, -0.2) is 5.91 Å². The number of alkyl halides is 2. The van der Waals surface area contributed by atoms with Gasteiger partial charge in [0.25, 0.3) is 12.3 Å². The van der Waals surface area contributed by atoms with Crippen molar-refractivity contribution >= 4 is 21.8 Å². The number of amides is 1. The number of carbonyl (C=O) groups excluding carboxylic acids is 1. The van der Waals surface area contributed by atoms with Gasteiger partial charge in [-0.25, -0.2) is 13.2 Å². The highest BCUT2D eigenvalue weighted by Crippen LogP contribution is 2.28. The predicted octanol–water partition coefficient (Wildman–Crippen LogP) is 5.02. The van der Waals surface area contributed by atoms with Crippen molar-refractivity contribution in [3.63, 3.8) is 0 Å². The smallest absolute Gasteiger partial charge is 0.264 e. The summed E-state index contributed by atoms with van der Waals surface area (Å²) in [5, 5.41) is 2.60. The van der Waals surface area contributed by atoms with Crippen LogP contribution in [0.4, 0.5) is 13.2 Å². The lowest BCUT2D eigenvalue weighted by Crippen LogP contribution is -2.27. The van der Waals surface area contributed by atoms with Crippen LogP contribution in [0.15, 0.2) is 46.9 Å². The zero-order valence-electron chi connectivity index (χ0n) is 11.6. The summed E-state index contributed by atoms with van der Waals surface area (Å²) in [6, 6.07) is 9.44. The third kappa shape index (κ3) is 3.68. The number of hydrogen-bond acceptors (Lipinski definition) is 1. The fraction of sp³-hybridized carbons (Fsp3) is 0.188. The molecular formula is C16H13BrF3NO. The Kier molecular flexibility index (Phi) is 5.24. The Morgan fingerprint density at radius 2 is 1.82 bits per heavy atom. The molecule has 0 aliphatic rings. The van der Waals surface area contributed by atoms with Gasteiger partial charge in [0, 0.05) is 21.2 Å². The minimum absolute atomic E-state index is 0.0988. The molecule has 0 aliphatic heterocycles. The van der Waals surface area contributed by atoms with Gasteiger partial charge in [-0.2, -0.15) is 0 Å². The standard InChI is InChI=1S/C16H13BrF3NO/c1-9(11-4-2-3-5-14(11)18)21-16(22)10-6-7-13(17)12(8-10)15(19)20/h2-9,15H,1H3,(H,21,22). The van der Waals surface area contributed by atoms with Crippen LogP contribution >= 0.6 is 15.9 Å². The fourth-order valence-electron chi connectivity index (χ4n) is 2.04. The van der Waals surface area contributed by atoms with E-state index in [1.807, 2.05) is 0 Å². The van der Waals surface area contributed by atoms with Gasteiger partial charge < -0.3 is 5.32 Å². The van der Waals surface area contributed by atoms with Crippen molar-refractivity contribution < 1.29 is 18.0 Å². The molecule has 1 unspecified atom stereocenters. The summed E-state index contributed by atoms with van der Waals surface area (Å²) in [6.07, 6.45) is -2.69. The zero-order chi connectivity index (χ0) is 16.3. The molecule has 2 nitrogen and oxygen atoms in total. The minimum atomic E-state index is -2.69. The molecule has 2 aromatic rings. The molecular weight excluding hydrogens is 359 g/mol. The molecule has 116 valence electrons. The first-order valence-corrected chi connectivity index (χ1v) is 7.32. The van der Waals surface area contributed by atoms with Gasteiger partial charge in [-0.3, -0.25) is 4.79 Å². The van der Waals surface area contributed by atoms with Crippen LogP contribution in [0.3, 0.4) is 0 Å². The van der Waals surface area contributed by atoms with Crippen molar-refractivity contribution in [2.45, 2.75) is 19.4 Å². The number of benzene rings is 2. The second-order valence-corrected chi connectivity index (χ2v) is 5.61. The molecule has 0 saturated carbocycles. The third-order valence-corrected chi connectivity index (χ3v) is 3.93. The summed E-state index contributed by atoms with van der Waals surface area (Å²) < 4.78 is 39.6. The molecule has 0 aliphatic carbocycles. The number of halogens is 4. The van der Waals surface area contributed by atoms with Crippen molar-refractivity contribution in [2.24, 2.45) is 0 Å². The van der Waals surface area contributed by atoms with E-state index >= 15 is 0 Å². The van der Waals surface area contributed by atoms with Crippen LogP contribution in [0, 0.1) is 5.82 Å². The minimum Gasteiger partial charge on any atom is -0.345 e. The van der Waals surface area contributed by atoms with Gasteiger partial charge in [0.15, 0.2) is 0 Å². The zero-order valence-corrected chi connectivity index (χ0v) is 13.2. The Bertz CT molecular complexity index is 691. The van der Waals surface area contributed by atoms with Crippen LogP contribution in [0.1, 0.15) is 40.9 Å². The quantitative estimate of drug-likeness (QED) is 0.803. The SMILES string of the molecule is CC(NC(=O)c1ccc(Br)c(C(F)F)c1)c1ccccc1F. The van der Waals surface area contributed by atoms with Gasteiger partial charge >= 0.3 is 0 Å². The maximum Gasteiger partial charge on any atom is 0.264 e. The Balaban J connectivity index is 2.19. The van der Waals surface area contributed by atoms with E-state index in [2.05, 4.69) is 21.2 Å². The molecule has 6 heteroatoms. The molecule has 2 aromatic carbocycles. The van der Waals surface area contributed by atoms with Gasteiger partial charge in [0.05, 0.1) is 6.04 Å². The van der Waals surface area contributed by atoms with Crippen LogP contribution in [0.2, 0.25) is 0 Å². The van der Waals surface area contributed by atoms with E-state index in [0.717, 1.165) is 6.07 Å². The summed E-state index contributed by atoms with van der Waals surface area (Å²) in [4.78, 5) is 12.1. The van der Waals surface area contributed by atoms with E-state index < -0.39 is 24.2 Å². The van der Waals surface area contributed by atoms with Crippen molar-refractivity contribution in [2.75, 3.05) is 0 Å². The number of rotatable bonds is 4. The topological polar surface area (TPSA) is 29.1 Å². The van der Waals surface area contributed by atoms with Crippen LogP contribution in [0.25, 0.3) is 0 Å². The molecule has 1 atom stereocenters. The molecule has 1 N–H and O–H groups in total. The molecule has 22 heavy (non-hydrogen) atoms. The van der Waals surface area contributed by atoms with Crippen LogP contribution in [0.5, 0.6) is 0 Å². The maximum absolute atomic E-state index is 13.7. The maximum atomic E-state index is 13.7. The Morgan fingerprint density at radius 1 is 1.14 bits per heavy atom. The van der Waals surface area contributed by atoms with Crippen molar-refractivity contribution in [3.05, 3.63) is 69.4 Å². The summed E-state index contributed by atoms with van der Waals surface area (Å²) in [6.45, 7) is 1.63. The summed E-state index contributed by atoms with van der Waals surface area (Å²) in [7, 11) is 0. The molecule has 0 radical (unpaired) electrons. The Morgan fingerprint density at radius 3 is 2.45 bits per heavy atom. The van der Waals surface area contributed by atoms with Gasteiger partial charge in [0.2, 0.25) is 0 Å². The lowest BCUT2D eigenvalue weighted by Gasteiger charge is -2.15. The fourth-order valence-corrected chi connectivity index (χ4v) is 2.46. The van der Waals surface area contributed by atoms with Gasteiger partial charge in [-0.1, -0.05) is 34.1 Å². The number of hydrogen-bond donors (Lipinski definition) is 1. The van der Waals surface area contributed by atoms with E-state index in [0.29, 0.717) is 5.56 Å². The van der Waals surface area contributed by atoms with E-state index in [1.165, 1.54) is 18.2 Å².